The molecular weight excluding hydrogens is 518 g/mol. The first-order valence-corrected chi connectivity index (χ1v) is 14.1. The summed E-state index contributed by atoms with van der Waals surface area (Å²) in [6.07, 6.45) is -0.306. The second-order valence-electron chi connectivity index (χ2n) is 12.1. The van der Waals surface area contributed by atoms with E-state index in [2.05, 4.69) is 34.5 Å². The van der Waals surface area contributed by atoms with Crippen LogP contribution in [0.4, 0.5) is 4.79 Å². The molecule has 0 aromatic heterocycles. The summed E-state index contributed by atoms with van der Waals surface area (Å²) in [4.78, 5) is 43.0. The van der Waals surface area contributed by atoms with Gasteiger partial charge in [0.25, 0.3) is 5.91 Å². The highest BCUT2D eigenvalue weighted by molar-refractivity contribution is 5.95. The molecule has 0 radical (unpaired) electrons. The number of likely N-dealkylation sites (tertiary alicyclic amines) is 2. The maximum absolute atomic E-state index is 14.0. The number of carboxylic acid groups (broad SMARTS) is 1. The van der Waals surface area contributed by atoms with Gasteiger partial charge in [-0.15, -0.1) is 0 Å². The third kappa shape index (κ3) is 4.86. The molecule has 2 saturated heterocycles. The van der Waals surface area contributed by atoms with Gasteiger partial charge in [0.2, 0.25) is 0 Å². The normalized spacial score (nSPS) is 22.9. The maximum atomic E-state index is 14.0. The Morgan fingerprint density at radius 3 is 2.12 bits per heavy atom. The highest BCUT2D eigenvalue weighted by Crippen LogP contribution is 2.45. The monoisotopic (exact) mass is 553 g/mol. The Balaban J connectivity index is 1.21. The number of nitrogens with one attached hydrogen (secondary N) is 1. The van der Waals surface area contributed by atoms with E-state index in [4.69, 9.17) is 4.74 Å². The van der Waals surface area contributed by atoms with Crippen LogP contribution >= 0.6 is 0 Å². The first-order valence-electron chi connectivity index (χ1n) is 14.1. The number of fused-ring (bicyclic) bond motifs is 3. The number of nitrogens with zero attached hydrogens (tertiary/aromatic N) is 2. The SMILES string of the molecule is CC1(C)CN(C(=O)C2(NC(=O)OCC3c4ccccc4-c4ccccc43)CCN(Cc3ccccc3)C2)C1C(=O)O. The number of carbonyl (C=O) groups excluding carboxylic acids is 2. The zero-order valence-electron chi connectivity index (χ0n) is 23.4. The molecule has 212 valence electrons. The minimum absolute atomic E-state index is 0.106. The first kappa shape index (κ1) is 27.0. The molecule has 3 aromatic rings. The van der Waals surface area contributed by atoms with Crippen LogP contribution in [-0.2, 0) is 20.9 Å². The molecule has 0 spiro atoms. The Kier molecular flexibility index (Phi) is 6.82. The van der Waals surface area contributed by atoms with Crippen molar-refractivity contribution in [3.63, 3.8) is 0 Å². The summed E-state index contributed by atoms with van der Waals surface area (Å²) in [6, 6.07) is 25.3. The molecule has 2 fully saturated rings. The van der Waals surface area contributed by atoms with Crippen molar-refractivity contribution >= 4 is 18.0 Å². The standard InChI is InChI=1S/C33H35N3O5/c1-32(2)20-36(28(32)29(37)38)30(39)33(16-17-35(21-33)18-22-10-4-3-5-11-22)34-31(40)41-19-27-25-14-8-6-12-23(25)24-13-7-9-15-26(24)27/h3-15,27-28H,16-21H2,1-2H3,(H,34,40)(H,37,38). The molecular formula is C33H35N3O5. The van der Waals surface area contributed by atoms with Gasteiger partial charge in [0, 0.05) is 37.5 Å². The van der Waals surface area contributed by atoms with Gasteiger partial charge in [-0.3, -0.25) is 9.69 Å². The van der Waals surface area contributed by atoms with Gasteiger partial charge >= 0.3 is 12.1 Å². The van der Waals surface area contributed by atoms with E-state index in [1.165, 1.54) is 4.90 Å². The van der Waals surface area contributed by atoms with Gasteiger partial charge in [-0.25, -0.2) is 9.59 Å². The molecule has 0 bridgehead atoms. The van der Waals surface area contributed by atoms with Gasteiger partial charge in [-0.1, -0.05) is 92.7 Å². The number of alkyl carbamates (subject to hydrolysis) is 1. The molecule has 6 rings (SSSR count). The molecule has 8 nitrogen and oxygen atoms in total. The summed E-state index contributed by atoms with van der Waals surface area (Å²) in [5.41, 5.74) is 3.76. The van der Waals surface area contributed by atoms with Crippen LogP contribution in [0.25, 0.3) is 11.1 Å². The Labute approximate surface area is 239 Å². The number of rotatable bonds is 7. The van der Waals surface area contributed by atoms with Crippen molar-refractivity contribution in [3.05, 3.63) is 95.6 Å². The van der Waals surface area contributed by atoms with Crippen LogP contribution in [0.1, 0.15) is 42.9 Å². The van der Waals surface area contributed by atoms with E-state index >= 15 is 0 Å². The third-order valence-corrected chi connectivity index (χ3v) is 8.82. The largest absolute Gasteiger partial charge is 0.480 e. The summed E-state index contributed by atoms with van der Waals surface area (Å²) in [6.45, 7) is 5.61. The van der Waals surface area contributed by atoms with Crippen LogP contribution in [0.15, 0.2) is 78.9 Å². The van der Waals surface area contributed by atoms with Gasteiger partial charge < -0.3 is 20.1 Å². The topological polar surface area (TPSA) is 99.2 Å². The van der Waals surface area contributed by atoms with E-state index in [0.29, 0.717) is 26.1 Å². The molecule has 1 aliphatic carbocycles. The fourth-order valence-electron chi connectivity index (χ4n) is 6.88. The Hall–Kier alpha value is -4.17. The molecule has 3 aromatic carbocycles. The van der Waals surface area contributed by atoms with Gasteiger partial charge in [-0.2, -0.15) is 0 Å². The minimum atomic E-state index is -1.28. The number of benzene rings is 3. The molecule has 2 heterocycles. The summed E-state index contributed by atoms with van der Waals surface area (Å²) < 4.78 is 5.82. The minimum Gasteiger partial charge on any atom is -0.480 e. The quantitative estimate of drug-likeness (QED) is 0.447. The van der Waals surface area contributed by atoms with E-state index in [0.717, 1.165) is 27.8 Å². The average Bonchev–Trinajstić information content (AvgIpc) is 3.50. The summed E-state index contributed by atoms with van der Waals surface area (Å²) in [5.74, 6) is -1.51. The van der Waals surface area contributed by atoms with Crippen molar-refractivity contribution in [3.8, 4) is 11.1 Å². The molecule has 3 aliphatic rings. The predicted octanol–water partition coefficient (Wildman–Crippen LogP) is 4.49. The van der Waals surface area contributed by atoms with E-state index in [9.17, 15) is 19.5 Å². The van der Waals surface area contributed by atoms with Crippen molar-refractivity contribution in [1.82, 2.24) is 15.1 Å². The lowest BCUT2D eigenvalue weighted by Crippen LogP contribution is -2.73. The van der Waals surface area contributed by atoms with Crippen LogP contribution in [0, 0.1) is 5.41 Å². The molecule has 2 amide bonds. The zero-order chi connectivity index (χ0) is 28.8. The molecule has 0 saturated carbocycles. The van der Waals surface area contributed by atoms with Crippen LogP contribution in [0.5, 0.6) is 0 Å². The van der Waals surface area contributed by atoms with Gasteiger partial charge in [0.15, 0.2) is 0 Å². The van der Waals surface area contributed by atoms with E-state index < -0.39 is 29.1 Å². The van der Waals surface area contributed by atoms with Gasteiger partial charge in [0.1, 0.15) is 18.2 Å². The lowest BCUT2D eigenvalue weighted by atomic mass is 9.73. The van der Waals surface area contributed by atoms with Crippen LogP contribution in [-0.4, -0.2) is 70.7 Å². The first-order chi connectivity index (χ1) is 19.7. The number of hydrogen-bond acceptors (Lipinski definition) is 5. The molecule has 2 unspecified atom stereocenters. The highest BCUT2D eigenvalue weighted by Gasteiger charge is 2.58. The van der Waals surface area contributed by atoms with E-state index in [1.54, 1.807) is 0 Å². The Morgan fingerprint density at radius 1 is 0.902 bits per heavy atom. The van der Waals surface area contributed by atoms with Crippen molar-refractivity contribution in [2.75, 3.05) is 26.2 Å². The lowest BCUT2D eigenvalue weighted by molar-refractivity contribution is -0.175. The maximum Gasteiger partial charge on any atom is 0.408 e. The van der Waals surface area contributed by atoms with Crippen LogP contribution in [0.2, 0.25) is 0 Å². The molecule has 2 aliphatic heterocycles. The molecule has 41 heavy (non-hydrogen) atoms. The fraction of sp³-hybridized carbons (Fsp3) is 0.364. The van der Waals surface area contributed by atoms with Crippen molar-refractivity contribution in [1.29, 1.82) is 0 Å². The Bertz CT molecular complexity index is 1440. The lowest BCUT2D eigenvalue weighted by Gasteiger charge is -2.53. The number of carboxylic acids is 1. The van der Waals surface area contributed by atoms with E-state index in [1.807, 2.05) is 68.4 Å². The molecule has 8 heteroatoms. The van der Waals surface area contributed by atoms with Gasteiger partial charge in [-0.05, 0) is 34.2 Å². The second kappa shape index (κ2) is 10.3. The van der Waals surface area contributed by atoms with Crippen molar-refractivity contribution in [2.24, 2.45) is 5.41 Å². The number of carbonyl (C=O) groups is 3. The predicted molar refractivity (Wildman–Crippen MR) is 154 cm³/mol. The average molecular weight is 554 g/mol. The second-order valence-corrected chi connectivity index (χ2v) is 12.1. The number of aliphatic carboxylic acids is 1. The van der Waals surface area contributed by atoms with Crippen molar-refractivity contribution in [2.45, 2.75) is 44.3 Å². The Morgan fingerprint density at radius 2 is 1.51 bits per heavy atom. The summed E-state index contributed by atoms with van der Waals surface area (Å²) in [7, 11) is 0. The number of hydrogen-bond donors (Lipinski definition) is 2. The molecule has 2 atom stereocenters. The van der Waals surface area contributed by atoms with Crippen molar-refractivity contribution < 1.29 is 24.2 Å². The smallest absolute Gasteiger partial charge is 0.408 e. The fourth-order valence-corrected chi connectivity index (χ4v) is 6.88. The highest BCUT2D eigenvalue weighted by atomic mass is 16.5. The van der Waals surface area contributed by atoms with Crippen LogP contribution < -0.4 is 5.32 Å². The van der Waals surface area contributed by atoms with Crippen LogP contribution in [0.3, 0.4) is 0 Å². The van der Waals surface area contributed by atoms with Gasteiger partial charge in [0.05, 0.1) is 0 Å². The van der Waals surface area contributed by atoms with E-state index in [-0.39, 0.29) is 25.0 Å². The molecule has 2 N–H and O–H groups in total. The third-order valence-electron chi connectivity index (χ3n) is 8.82. The number of amides is 2. The summed E-state index contributed by atoms with van der Waals surface area (Å²) in [5, 5.41) is 12.8. The zero-order valence-corrected chi connectivity index (χ0v) is 23.4. The number of ether oxygens (including phenoxy) is 1. The summed E-state index contributed by atoms with van der Waals surface area (Å²) >= 11 is 0.